The first kappa shape index (κ1) is 32.7. The molecule has 2 aliphatic carbocycles. The van der Waals surface area contributed by atoms with Gasteiger partial charge in [0.1, 0.15) is 11.5 Å². The van der Waals surface area contributed by atoms with Crippen LogP contribution in [0.15, 0.2) is 71.3 Å². The summed E-state index contributed by atoms with van der Waals surface area (Å²) in [5.74, 6) is 3.16. The highest BCUT2D eigenvalue weighted by Gasteiger charge is 2.45. The van der Waals surface area contributed by atoms with Crippen LogP contribution >= 0.6 is 0 Å². The topological polar surface area (TPSA) is 18.5 Å². The maximum absolute atomic E-state index is 7.19. The van der Waals surface area contributed by atoms with Gasteiger partial charge in [0.25, 0.3) is 16.6 Å². The van der Waals surface area contributed by atoms with Crippen LogP contribution in [0.3, 0.4) is 0 Å². The normalized spacial score (nSPS) is 20.7. The minimum absolute atomic E-state index is 0.424. The molecule has 0 amide bonds. The largest absolute Gasteiger partial charge is 0.543 e. The number of rotatable bonds is 15. The summed E-state index contributed by atoms with van der Waals surface area (Å²) < 4.78 is 14.4. The zero-order valence-electron chi connectivity index (χ0n) is 26.8. The molecule has 4 heteroatoms. The number of allylic oxidation sites excluding steroid dienone is 8. The van der Waals surface area contributed by atoms with Gasteiger partial charge in [-0.3, -0.25) is 0 Å². The Labute approximate surface area is 238 Å². The molecule has 0 aromatic heterocycles. The van der Waals surface area contributed by atoms with Crippen LogP contribution in [0.2, 0.25) is 34.3 Å². The molecular formula is C34H58O2Si2. The van der Waals surface area contributed by atoms with Gasteiger partial charge >= 0.3 is 0 Å². The SMILES string of the molecule is C=CC[Si](OC1=CC(C)C(C)=C1CCC1=C(O[Si](CC=C)(C(C)C)C(C)C)C=C(C)C1C)(C(C)C)C(C)C. The van der Waals surface area contributed by atoms with Crippen molar-refractivity contribution in [3.63, 3.8) is 0 Å². The minimum Gasteiger partial charge on any atom is -0.543 e. The quantitative estimate of drug-likeness (QED) is 0.148. The smallest absolute Gasteiger partial charge is 0.259 e. The summed E-state index contributed by atoms with van der Waals surface area (Å²) in [6, 6.07) is 1.98. The van der Waals surface area contributed by atoms with Crippen molar-refractivity contribution in [2.75, 3.05) is 0 Å². The summed E-state index contributed by atoms with van der Waals surface area (Å²) in [7, 11) is -4.11. The van der Waals surface area contributed by atoms with Crippen molar-refractivity contribution in [2.24, 2.45) is 11.8 Å². The lowest BCUT2D eigenvalue weighted by atomic mass is 9.92. The molecule has 38 heavy (non-hydrogen) atoms. The van der Waals surface area contributed by atoms with Crippen LogP contribution in [-0.2, 0) is 8.85 Å². The van der Waals surface area contributed by atoms with Crippen molar-refractivity contribution < 1.29 is 8.85 Å². The first-order valence-corrected chi connectivity index (χ1v) is 19.6. The van der Waals surface area contributed by atoms with E-state index in [1.165, 1.54) is 22.3 Å². The lowest BCUT2D eigenvalue weighted by Gasteiger charge is -2.39. The predicted octanol–water partition coefficient (Wildman–Crippen LogP) is 11.4. The highest BCUT2D eigenvalue weighted by molar-refractivity contribution is 6.77. The van der Waals surface area contributed by atoms with Gasteiger partial charge in [0.05, 0.1) is 0 Å². The Hall–Kier alpha value is -1.53. The third-order valence-electron chi connectivity index (χ3n) is 9.82. The molecule has 2 unspecified atom stereocenters. The first-order chi connectivity index (χ1) is 17.7. The highest BCUT2D eigenvalue weighted by Crippen LogP contribution is 2.46. The first-order valence-electron chi connectivity index (χ1n) is 15.1. The van der Waals surface area contributed by atoms with Crippen LogP contribution in [-0.4, -0.2) is 16.6 Å². The van der Waals surface area contributed by atoms with Gasteiger partial charge in [-0.1, -0.05) is 92.5 Å². The molecule has 0 spiro atoms. The summed E-state index contributed by atoms with van der Waals surface area (Å²) in [5.41, 5.74) is 7.87. The number of hydrogen-bond donors (Lipinski definition) is 0. The summed E-state index contributed by atoms with van der Waals surface area (Å²) >= 11 is 0. The number of hydrogen-bond acceptors (Lipinski definition) is 2. The van der Waals surface area contributed by atoms with E-state index in [-0.39, 0.29) is 0 Å². The van der Waals surface area contributed by atoms with Gasteiger partial charge in [0.2, 0.25) is 0 Å². The van der Waals surface area contributed by atoms with E-state index in [0.717, 1.165) is 36.4 Å². The lowest BCUT2D eigenvalue weighted by molar-refractivity contribution is 0.387. The average molecular weight is 555 g/mol. The summed E-state index contributed by atoms with van der Waals surface area (Å²) in [6.07, 6.45) is 10.9. The van der Waals surface area contributed by atoms with Gasteiger partial charge in [-0.15, -0.1) is 13.2 Å². The molecule has 0 saturated carbocycles. The van der Waals surface area contributed by atoms with Gasteiger partial charge in [-0.25, -0.2) is 0 Å². The third-order valence-corrected chi connectivity index (χ3v) is 20.7. The van der Waals surface area contributed by atoms with E-state index in [4.69, 9.17) is 8.85 Å². The van der Waals surface area contributed by atoms with Crippen LogP contribution in [0, 0.1) is 11.8 Å². The Kier molecular flexibility index (Phi) is 11.4. The van der Waals surface area contributed by atoms with Crippen LogP contribution < -0.4 is 0 Å². The van der Waals surface area contributed by atoms with Crippen LogP contribution in [0.5, 0.6) is 0 Å². The molecule has 2 nitrogen and oxygen atoms in total. The van der Waals surface area contributed by atoms with Gasteiger partial charge in [-0.2, -0.15) is 0 Å². The van der Waals surface area contributed by atoms with Gasteiger partial charge < -0.3 is 8.85 Å². The van der Waals surface area contributed by atoms with Crippen molar-refractivity contribution in [1.82, 2.24) is 0 Å². The third kappa shape index (κ3) is 6.44. The zero-order chi connectivity index (χ0) is 29.0. The van der Waals surface area contributed by atoms with Crippen molar-refractivity contribution in [1.29, 1.82) is 0 Å². The van der Waals surface area contributed by atoms with Crippen molar-refractivity contribution in [3.05, 3.63) is 71.3 Å². The van der Waals surface area contributed by atoms with Crippen LogP contribution in [0.25, 0.3) is 0 Å². The summed E-state index contributed by atoms with van der Waals surface area (Å²) in [5, 5.41) is 0. The van der Waals surface area contributed by atoms with E-state index in [2.05, 4.69) is 121 Å². The monoisotopic (exact) mass is 554 g/mol. The molecular weight excluding hydrogens is 497 g/mol. The van der Waals surface area contributed by atoms with Crippen LogP contribution in [0.1, 0.15) is 95.9 Å². The molecule has 0 bridgehead atoms. The fourth-order valence-corrected chi connectivity index (χ4v) is 14.4. The maximum Gasteiger partial charge on any atom is 0.259 e. The molecule has 0 heterocycles. The molecule has 2 aliphatic rings. The van der Waals surface area contributed by atoms with Crippen molar-refractivity contribution in [2.45, 2.75) is 130 Å². The second-order valence-corrected chi connectivity index (χ2v) is 22.9. The maximum atomic E-state index is 7.19. The van der Waals surface area contributed by atoms with Gasteiger partial charge in [-0.05, 0) is 90.2 Å². The van der Waals surface area contributed by atoms with Gasteiger partial charge in [0, 0.05) is 5.92 Å². The molecule has 0 radical (unpaired) electrons. The Bertz CT molecular complexity index is 974. The van der Waals surface area contributed by atoms with Crippen molar-refractivity contribution >= 4 is 16.6 Å². The average Bonchev–Trinajstić information content (AvgIpc) is 3.24. The Morgan fingerprint density at radius 2 is 1.26 bits per heavy atom. The van der Waals surface area contributed by atoms with Crippen molar-refractivity contribution in [3.8, 4) is 0 Å². The van der Waals surface area contributed by atoms with Gasteiger partial charge in [0.15, 0.2) is 0 Å². The molecule has 214 valence electrons. The Balaban J connectivity index is 2.42. The second kappa shape index (κ2) is 13.2. The van der Waals surface area contributed by atoms with E-state index in [0.29, 0.717) is 34.0 Å². The molecule has 0 aromatic carbocycles. The molecule has 0 aliphatic heterocycles. The van der Waals surface area contributed by atoms with E-state index in [1.807, 2.05) is 0 Å². The fraction of sp³-hybridized carbons (Fsp3) is 0.647. The standard InChI is InChI=1S/C34H58O2Si2/c1-15-19-37(23(3)4,24(5)6)35-33-21-27(11)29(13)31(33)17-18-32-30(14)28(12)22-34(32)36-38(20-16-2,25(7)8)26(9)10/h15-16,21-27,30H,1-2,17-20H2,3-14H3. The highest BCUT2D eigenvalue weighted by atomic mass is 28.4. The molecule has 2 atom stereocenters. The lowest BCUT2D eigenvalue weighted by Crippen LogP contribution is -2.44. The van der Waals surface area contributed by atoms with Crippen LogP contribution in [0.4, 0.5) is 0 Å². The Morgan fingerprint density at radius 3 is 1.71 bits per heavy atom. The van der Waals surface area contributed by atoms with E-state index < -0.39 is 16.6 Å². The Morgan fingerprint density at radius 1 is 0.789 bits per heavy atom. The fourth-order valence-electron chi connectivity index (χ4n) is 6.64. The summed E-state index contributed by atoms with van der Waals surface area (Å²) in [4.78, 5) is 0. The van der Waals surface area contributed by atoms with E-state index in [9.17, 15) is 0 Å². The predicted molar refractivity (Wildman–Crippen MR) is 173 cm³/mol. The molecule has 0 N–H and O–H groups in total. The molecule has 0 aromatic rings. The summed E-state index contributed by atoms with van der Waals surface area (Å²) in [6.45, 7) is 36.2. The minimum atomic E-state index is -2.05. The van der Waals surface area contributed by atoms with E-state index >= 15 is 0 Å². The second-order valence-electron chi connectivity index (χ2n) is 13.2. The van der Waals surface area contributed by atoms with E-state index in [1.54, 1.807) is 0 Å². The zero-order valence-corrected chi connectivity index (χ0v) is 28.8. The molecule has 0 fully saturated rings. The molecule has 0 saturated heterocycles. The molecule has 2 rings (SSSR count).